The van der Waals surface area contributed by atoms with E-state index < -0.39 is 6.09 Å². The molecule has 1 saturated heterocycles. The number of carbonyl (C=O) groups excluding carboxylic acids is 1. The molecule has 0 unspecified atom stereocenters. The normalized spacial score (nSPS) is 17.3. The van der Waals surface area contributed by atoms with Gasteiger partial charge in [0.15, 0.2) is 5.75 Å². The summed E-state index contributed by atoms with van der Waals surface area (Å²) in [5.41, 5.74) is 12.4. The Morgan fingerprint density at radius 1 is 1.42 bits per heavy atom. The van der Waals surface area contributed by atoms with Crippen molar-refractivity contribution in [2.24, 2.45) is 5.73 Å². The van der Waals surface area contributed by atoms with Crippen molar-refractivity contribution in [1.29, 1.82) is 0 Å². The smallest absolute Gasteiger partial charge is 0.408 e. The SMILES string of the molecule is CCN1CCC(c2ccc(N)c(OC(N)=O)c2)CC1. The fourth-order valence-corrected chi connectivity index (χ4v) is 2.58. The number of rotatable bonds is 3. The second-order valence-corrected chi connectivity index (χ2v) is 4.93. The van der Waals surface area contributed by atoms with Crippen LogP contribution in [0.3, 0.4) is 0 Å². The maximum atomic E-state index is 10.8. The molecule has 5 heteroatoms. The molecule has 1 amide bonds. The highest BCUT2D eigenvalue weighted by molar-refractivity contribution is 5.71. The van der Waals surface area contributed by atoms with Crippen molar-refractivity contribution in [3.05, 3.63) is 23.8 Å². The van der Waals surface area contributed by atoms with Crippen LogP contribution in [0.4, 0.5) is 10.5 Å². The van der Waals surface area contributed by atoms with Crippen molar-refractivity contribution in [3.63, 3.8) is 0 Å². The molecule has 4 N–H and O–H groups in total. The number of carbonyl (C=O) groups is 1. The fraction of sp³-hybridized carbons (Fsp3) is 0.500. The zero-order valence-corrected chi connectivity index (χ0v) is 11.3. The molecule has 0 spiro atoms. The molecule has 1 fully saturated rings. The Morgan fingerprint density at radius 2 is 2.11 bits per heavy atom. The van der Waals surface area contributed by atoms with Crippen LogP contribution >= 0.6 is 0 Å². The summed E-state index contributed by atoms with van der Waals surface area (Å²) < 4.78 is 4.92. The molecule has 0 radical (unpaired) electrons. The zero-order valence-electron chi connectivity index (χ0n) is 11.3. The van der Waals surface area contributed by atoms with Gasteiger partial charge in [0.25, 0.3) is 0 Å². The van der Waals surface area contributed by atoms with E-state index in [4.69, 9.17) is 16.2 Å². The van der Waals surface area contributed by atoms with Gasteiger partial charge in [0.1, 0.15) is 0 Å². The van der Waals surface area contributed by atoms with Crippen LogP contribution in [0.15, 0.2) is 18.2 Å². The molecule has 1 aromatic carbocycles. The molecule has 104 valence electrons. The first-order valence-electron chi connectivity index (χ1n) is 6.69. The lowest BCUT2D eigenvalue weighted by molar-refractivity contribution is 0.210. The van der Waals surface area contributed by atoms with Gasteiger partial charge in [0, 0.05) is 0 Å². The summed E-state index contributed by atoms with van der Waals surface area (Å²) in [5.74, 6) is 0.863. The Balaban J connectivity index is 2.10. The van der Waals surface area contributed by atoms with E-state index in [1.807, 2.05) is 12.1 Å². The molecule has 0 bridgehead atoms. The van der Waals surface area contributed by atoms with E-state index in [0.29, 0.717) is 17.4 Å². The molecule has 1 aliphatic rings. The number of hydrogen-bond acceptors (Lipinski definition) is 4. The zero-order chi connectivity index (χ0) is 13.8. The van der Waals surface area contributed by atoms with Gasteiger partial charge in [-0.3, -0.25) is 0 Å². The first kappa shape index (κ1) is 13.7. The van der Waals surface area contributed by atoms with Crippen molar-refractivity contribution in [1.82, 2.24) is 4.90 Å². The van der Waals surface area contributed by atoms with Gasteiger partial charge >= 0.3 is 6.09 Å². The van der Waals surface area contributed by atoms with Crippen LogP contribution in [-0.2, 0) is 0 Å². The van der Waals surface area contributed by atoms with E-state index in [0.717, 1.165) is 32.5 Å². The van der Waals surface area contributed by atoms with Crippen LogP contribution in [0.1, 0.15) is 31.2 Å². The summed E-state index contributed by atoms with van der Waals surface area (Å²) in [6.45, 7) is 5.50. The Labute approximate surface area is 113 Å². The third-order valence-electron chi connectivity index (χ3n) is 3.75. The largest absolute Gasteiger partial charge is 0.410 e. The first-order valence-corrected chi connectivity index (χ1v) is 6.69. The summed E-state index contributed by atoms with van der Waals surface area (Å²) in [5, 5.41) is 0. The highest BCUT2D eigenvalue weighted by atomic mass is 16.5. The maximum absolute atomic E-state index is 10.8. The lowest BCUT2D eigenvalue weighted by Crippen LogP contribution is -2.32. The van der Waals surface area contributed by atoms with Crippen LogP contribution in [0, 0.1) is 0 Å². The molecular weight excluding hydrogens is 242 g/mol. The lowest BCUT2D eigenvalue weighted by Gasteiger charge is -2.31. The number of amides is 1. The molecule has 1 aromatic rings. The van der Waals surface area contributed by atoms with Crippen LogP contribution in [0.25, 0.3) is 0 Å². The van der Waals surface area contributed by atoms with Gasteiger partial charge in [-0.25, -0.2) is 4.79 Å². The summed E-state index contributed by atoms with van der Waals surface area (Å²) >= 11 is 0. The number of ether oxygens (including phenoxy) is 1. The van der Waals surface area contributed by atoms with E-state index in [2.05, 4.69) is 11.8 Å². The molecule has 1 aliphatic heterocycles. The van der Waals surface area contributed by atoms with Gasteiger partial charge in [0.05, 0.1) is 5.69 Å². The standard InChI is InChI=1S/C14H21N3O2/c1-2-17-7-5-10(6-8-17)11-3-4-12(15)13(9-11)19-14(16)18/h3-4,9-10H,2,5-8,15H2,1H3,(H2,16,18). The van der Waals surface area contributed by atoms with Gasteiger partial charge < -0.3 is 21.1 Å². The van der Waals surface area contributed by atoms with Gasteiger partial charge in [-0.15, -0.1) is 0 Å². The van der Waals surface area contributed by atoms with Crippen molar-refractivity contribution >= 4 is 11.8 Å². The van der Waals surface area contributed by atoms with Gasteiger partial charge in [0.2, 0.25) is 0 Å². The lowest BCUT2D eigenvalue weighted by atomic mass is 9.89. The summed E-state index contributed by atoms with van der Waals surface area (Å²) in [4.78, 5) is 13.3. The number of benzene rings is 1. The Kier molecular flexibility index (Phi) is 4.27. The van der Waals surface area contributed by atoms with Crippen molar-refractivity contribution in [2.75, 3.05) is 25.4 Å². The van der Waals surface area contributed by atoms with Crippen molar-refractivity contribution < 1.29 is 9.53 Å². The van der Waals surface area contributed by atoms with Gasteiger partial charge in [-0.2, -0.15) is 0 Å². The second kappa shape index (κ2) is 5.93. The highest BCUT2D eigenvalue weighted by Crippen LogP contribution is 2.32. The predicted octanol–water partition coefficient (Wildman–Crippen LogP) is 1.93. The molecule has 0 saturated carbocycles. The molecule has 0 atom stereocenters. The summed E-state index contributed by atoms with van der Waals surface area (Å²) in [6.07, 6.45) is 1.41. The quantitative estimate of drug-likeness (QED) is 0.816. The van der Waals surface area contributed by atoms with E-state index in [-0.39, 0.29) is 0 Å². The Morgan fingerprint density at radius 3 is 2.68 bits per heavy atom. The first-order chi connectivity index (χ1) is 9.10. The number of hydrogen-bond donors (Lipinski definition) is 2. The molecular formula is C14H21N3O2. The molecule has 19 heavy (non-hydrogen) atoms. The molecule has 2 rings (SSSR count). The summed E-state index contributed by atoms with van der Waals surface area (Å²) in [6, 6.07) is 5.63. The minimum Gasteiger partial charge on any atom is -0.408 e. The molecule has 0 aromatic heterocycles. The topological polar surface area (TPSA) is 81.6 Å². The monoisotopic (exact) mass is 263 g/mol. The Hall–Kier alpha value is -1.75. The average molecular weight is 263 g/mol. The average Bonchev–Trinajstić information content (AvgIpc) is 2.41. The number of nitrogens with zero attached hydrogens (tertiary/aromatic N) is 1. The van der Waals surface area contributed by atoms with Crippen LogP contribution in [0.2, 0.25) is 0 Å². The number of nitrogens with two attached hydrogens (primary N) is 2. The summed E-state index contributed by atoms with van der Waals surface area (Å²) in [7, 11) is 0. The number of nitrogen functional groups attached to an aromatic ring is 1. The maximum Gasteiger partial charge on any atom is 0.410 e. The number of likely N-dealkylation sites (tertiary alicyclic amines) is 1. The van der Waals surface area contributed by atoms with E-state index in [1.165, 1.54) is 5.56 Å². The Bertz CT molecular complexity index is 454. The van der Waals surface area contributed by atoms with E-state index in [9.17, 15) is 4.79 Å². The third kappa shape index (κ3) is 3.38. The van der Waals surface area contributed by atoms with Gasteiger partial charge in [-0.05, 0) is 56.1 Å². The van der Waals surface area contributed by atoms with Crippen molar-refractivity contribution in [3.8, 4) is 5.75 Å². The van der Waals surface area contributed by atoms with Crippen LogP contribution < -0.4 is 16.2 Å². The van der Waals surface area contributed by atoms with Crippen molar-refractivity contribution in [2.45, 2.75) is 25.7 Å². The van der Waals surface area contributed by atoms with E-state index >= 15 is 0 Å². The molecule has 0 aliphatic carbocycles. The fourth-order valence-electron chi connectivity index (χ4n) is 2.58. The predicted molar refractivity (Wildman–Crippen MR) is 75.2 cm³/mol. The van der Waals surface area contributed by atoms with E-state index in [1.54, 1.807) is 6.07 Å². The highest BCUT2D eigenvalue weighted by Gasteiger charge is 2.20. The number of primary amides is 1. The minimum absolute atomic E-state index is 0.364. The van der Waals surface area contributed by atoms with Crippen LogP contribution in [-0.4, -0.2) is 30.6 Å². The molecule has 5 nitrogen and oxygen atoms in total. The third-order valence-corrected chi connectivity index (χ3v) is 3.75. The molecule has 1 heterocycles. The minimum atomic E-state index is -0.829. The number of anilines is 1. The second-order valence-electron chi connectivity index (χ2n) is 4.93. The number of piperidine rings is 1. The van der Waals surface area contributed by atoms with Gasteiger partial charge in [-0.1, -0.05) is 13.0 Å². The van der Waals surface area contributed by atoms with Crippen LogP contribution in [0.5, 0.6) is 5.75 Å².